The Labute approximate surface area is 113 Å². The molecule has 19 heavy (non-hydrogen) atoms. The maximum atomic E-state index is 12.3. The summed E-state index contributed by atoms with van der Waals surface area (Å²) in [5, 5.41) is 1.64. The predicted molar refractivity (Wildman–Crippen MR) is 78.9 cm³/mol. The fourth-order valence-electron chi connectivity index (χ4n) is 2.11. The molecule has 1 atom stereocenters. The second-order valence-electron chi connectivity index (χ2n) is 4.87. The Morgan fingerprint density at radius 3 is 2.68 bits per heavy atom. The lowest BCUT2D eigenvalue weighted by atomic mass is 10.1. The summed E-state index contributed by atoms with van der Waals surface area (Å²) in [4.78, 5) is 12.3. The van der Waals surface area contributed by atoms with Crippen molar-refractivity contribution in [3.05, 3.63) is 40.8 Å². The highest BCUT2D eigenvalue weighted by atomic mass is 16.5. The van der Waals surface area contributed by atoms with Crippen molar-refractivity contribution in [2.45, 2.75) is 46.3 Å². The van der Waals surface area contributed by atoms with E-state index in [-0.39, 0.29) is 11.7 Å². The minimum Gasteiger partial charge on any atom is -0.490 e. The largest absolute Gasteiger partial charge is 0.490 e. The van der Waals surface area contributed by atoms with Crippen molar-refractivity contribution in [1.82, 2.24) is 4.57 Å². The van der Waals surface area contributed by atoms with Crippen LogP contribution < -0.4 is 10.3 Å². The number of hydrogen-bond acceptors (Lipinski definition) is 2. The fraction of sp³-hybridized carbons (Fsp3) is 0.438. The molecular weight excluding hydrogens is 238 g/mol. The third-order valence-corrected chi connectivity index (χ3v) is 3.35. The molecule has 3 nitrogen and oxygen atoms in total. The normalized spacial score (nSPS) is 12.6. The van der Waals surface area contributed by atoms with Gasteiger partial charge in [-0.05, 0) is 38.0 Å². The number of benzene rings is 1. The molecule has 0 saturated heterocycles. The smallest absolute Gasteiger partial charge is 0.258 e. The molecule has 0 N–H and O–H groups in total. The molecule has 0 aliphatic rings. The monoisotopic (exact) mass is 259 g/mol. The quantitative estimate of drug-likeness (QED) is 0.821. The van der Waals surface area contributed by atoms with E-state index in [9.17, 15) is 4.79 Å². The topological polar surface area (TPSA) is 31.2 Å². The van der Waals surface area contributed by atoms with Gasteiger partial charge >= 0.3 is 0 Å². The zero-order valence-electron chi connectivity index (χ0n) is 11.8. The minimum absolute atomic E-state index is 0.0638. The van der Waals surface area contributed by atoms with Gasteiger partial charge < -0.3 is 9.30 Å². The number of rotatable bonds is 5. The van der Waals surface area contributed by atoms with E-state index < -0.39 is 0 Å². The molecule has 2 aromatic rings. The van der Waals surface area contributed by atoms with Crippen LogP contribution in [-0.4, -0.2) is 10.7 Å². The van der Waals surface area contributed by atoms with Crippen LogP contribution in [0.2, 0.25) is 0 Å². The van der Waals surface area contributed by atoms with E-state index >= 15 is 0 Å². The van der Waals surface area contributed by atoms with Crippen molar-refractivity contribution in [3.8, 4) is 5.75 Å². The number of nitrogens with zero attached hydrogens (tertiary/aromatic N) is 1. The van der Waals surface area contributed by atoms with Gasteiger partial charge in [-0.15, -0.1) is 0 Å². The average Bonchev–Trinajstić information content (AvgIpc) is 2.42. The minimum atomic E-state index is 0.0638. The Kier molecular flexibility index (Phi) is 4.25. The van der Waals surface area contributed by atoms with Gasteiger partial charge in [-0.1, -0.05) is 19.9 Å². The Morgan fingerprint density at radius 2 is 2.00 bits per heavy atom. The maximum absolute atomic E-state index is 12.3. The van der Waals surface area contributed by atoms with E-state index in [1.807, 2.05) is 37.4 Å². The van der Waals surface area contributed by atoms with E-state index in [1.54, 1.807) is 4.57 Å². The molecule has 0 saturated carbocycles. The number of ether oxygens (including phenoxy) is 1. The molecule has 0 bridgehead atoms. The van der Waals surface area contributed by atoms with Gasteiger partial charge in [0.25, 0.3) is 5.56 Å². The van der Waals surface area contributed by atoms with Gasteiger partial charge in [0.1, 0.15) is 5.75 Å². The van der Waals surface area contributed by atoms with E-state index in [1.165, 1.54) is 0 Å². The molecule has 0 spiro atoms. The third kappa shape index (κ3) is 2.80. The third-order valence-electron chi connectivity index (χ3n) is 3.35. The fourth-order valence-corrected chi connectivity index (χ4v) is 2.11. The average molecular weight is 259 g/mol. The zero-order chi connectivity index (χ0) is 13.8. The highest BCUT2D eigenvalue weighted by Gasteiger charge is 2.09. The first kappa shape index (κ1) is 13.7. The molecule has 0 aliphatic heterocycles. The summed E-state index contributed by atoms with van der Waals surface area (Å²) in [5.74, 6) is 0.799. The van der Waals surface area contributed by atoms with Gasteiger partial charge in [0, 0.05) is 18.1 Å². The second kappa shape index (κ2) is 5.91. The summed E-state index contributed by atoms with van der Waals surface area (Å²) in [6, 6.07) is 7.66. The lowest BCUT2D eigenvalue weighted by Crippen LogP contribution is -2.19. The summed E-state index contributed by atoms with van der Waals surface area (Å²) in [6.07, 6.45) is 3.92. The Morgan fingerprint density at radius 1 is 1.21 bits per heavy atom. The lowest BCUT2D eigenvalue weighted by Gasteiger charge is -2.15. The van der Waals surface area contributed by atoms with Crippen LogP contribution in [0.1, 0.15) is 33.6 Å². The van der Waals surface area contributed by atoms with E-state index in [0.29, 0.717) is 0 Å². The second-order valence-corrected chi connectivity index (χ2v) is 4.87. The van der Waals surface area contributed by atoms with Crippen LogP contribution in [0.25, 0.3) is 10.8 Å². The SMILES string of the molecule is CCCn1ccc2c(OC(C)CC)cccc2c1=O. The summed E-state index contributed by atoms with van der Waals surface area (Å²) < 4.78 is 7.64. The van der Waals surface area contributed by atoms with Crippen molar-refractivity contribution in [3.63, 3.8) is 0 Å². The number of fused-ring (bicyclic) bond motifs is 1. The van der Waals surface area contributed by atoms with Crippen LogP contribution in [0.5, 0.6) is 5.75 Å². The molecule has 3 heteroatoms. The first-order valence-corrected chi connectivity index (χ1v) is 6.96. The Hall–Kier alpha value is -1.77. The van der Waals surface area contributed by atoms with E-state index in [0.717, 1.165) is 35.9 Å². The highest BCUT2D eigenvalue weighted by molar-refractivity contribution is 5.87. The van der Waals surface area contributed by atoms with Crippen LogP contribution in [-0.2, 0) is 6.54 Å². The molecule has 1 aromatic heterocycles. The van der Waals surface area contributed by atoms with E-state index in [2.05, 4.69) is 13.8 Å². The molecule has 2 rings (SSSR count). The molecule has 102 valence electrons. The van der Waals surface area contributed by atoms with Crippen LogP contribution in [0.3, 0.4) is 0 Å². The summed E-state index contributed by atoms with van der Waals surface area (Å²) in [6.45, 7) is 6.95. The standard InChI is InChI=1S/C16H21NO2/c1-4-10-17-11-9-13-14(16(17)18)7-6-8-15(13)19-12(3)5-2/h6-9,11-12H,4-5,10H2,1-3H3. The van der Waals surface area contributed by atoms with E-state index in [4.69, 9.17) is 4.74 Å². The van der Waals surface area contributed by atoms with Gasteiger partial charge in [0.15, 0.2) is 0 Å². The number of aryl methyl sites for hydroxylation is 1. The number of hydrogen-bond donors (Lipinski definition) is 0. The van der Waals surface area contributed by atoms with Crippen LogP contribution >= 0.6 is 0 Å². The van der Waals surface area contributed by atoms with Crippen LogP contribution in [0, 0.1) is 0 Å². The summed E-state index contributed by atoms with van der Waals surface area (Å²) in [7, 11) is 0. The van der Waals surface area contributed by atoms with Crippen LogP contribution in [0.15, 0.2) is 35.3 Å². The lowest BCUT2D eigenvalue weighted by molar-refractivity contribution is 0.220. The Bertz CT molecular complexity index is 616. The molecular formula is C16H21NO2. The summed E-state index contributed by atoms with van der Waals surface area (Å²) >= 11 is 0. The van der Waals surface area contributed by atoms with Gasteiger partial charge in [-0.2, -0.15) is 0 Å². The first-order chi connectivity index (χ1) is 9.17. The van der Waals surface area contributed by atoms with Crippen molar-refractivity contribution in [2.24, 2.45) is 0 Å². The highest BCUT2D eigenvalue weighted by Crippen LogP contribution is 2.24. The van der Waals surface area contributed by atoms with Gasteiger partial charge in [0.2, 0.25) is 0 Å². The predicted octanol–water partition coefficient (Wildman–Crippen LogP) is 3.59. The van der Waals surface area contributed by atoms with Gasteiger partial charge in [-0.25, -0.2) is 0 Å². The molecule has 1 unspecified atom stereocenters. The van der Waals surface area contributed by atoms with Crippen molar-refractivity contribution >= 4 is 10.8 Å². The van der Waals surface area contributed by atoms with Gasteiger partial charge in [-0.3, -0.25) is 4.79 Å². The van der Waals surface area contributed by atoms with Crippen molar-refractivity contribution < 1.29 is 4.74 Å². The molecule has 0 aliphatic carbocycles. The molecule has 1 heterocycles. The zero-order valence-corrected chi connectivity index (χ0v) is 11.8. The van der Waals surface area contributed by atoms with Crippen molar-refractivity contribution in [1.29, 1.82) is 0 Å². The molecule has 0 fully saturated rings. The summed E-state index contributed by atoms with van der Waals surface area (Å²) in [5.41, 5.74) is 0.0638. The molecule has 0 amide bonds. The number of pyridine rings is 1. The Balaban J connectivity index is 2.52. The van der Waals surface area contributed by atoms with Crippen molar-refractivity contribution in [2.75, 3.05) is 0 Å². The molecule has 0 radical (unpaired) electrons. The van der Waals surface area contributed by atoms with Crippen LogP contribution in [0.4, 0.5) is 0 Å². The molecule has 1 aromatic carbocycles. The first-order valence-electron chi connectivity index (χ1n) is 6.96. The van der Waals surface area contributed by atoms with Gasteiger partial charge in [0.05, 0.1) is 11.5 Å². The number of aromatic nitrogens is 1. The maximum Gasteiger partial charge on any atom is 0.258 e.